The summed E-state index contributed by atoms with van der Waals surface area (Å²) in [6.45, 7) is 3.66. The Balaban J connectivity index is 1.04. The Labute approximate surface area is 254 Å². The second-order valence-corrected chi connectivity index (χ2v) is 11.5. The highest BCUT2D eigenvalue weighted by Gasteiger charge is 2.31. The van der Waals surface area contributed by atoms with Crippen molar-refractivity contribution in [3.63, 3.8) is 0 Å². The van der Waals surface area contributed by atoms with Crippen LogP contribution in [0.4, 0.5) is 0 Å². The summed E-state index contributed by atoms with van der Waals surface area (Å²) in [6.07, 6.45) is 1.13. The number of hydrogen-bond acceptors (Lipinski definition) is 8. The highest BCUT2D eigenvalue weighted by molar-refractivity contribution is 7.99. The molecule has 2 amide bonds. The number of piperazine rings is 1. The zero-order chi connectivity index (χ0) is 29.8. The Morgan fingerprint density at radius 1 is 0.977 bits per heavy atom. The number of carbonyl (C=O) groups excluding carboxylic acids is 2. The Bertz CT molecular complexity index is 1590. The summed E-state index contributed by atoms with van der Waals surface area (Å²) in [5, 5.41) is 9.76. The molecular weight excluding hydrogens is 566 g/mol. The molecule has 6 rings (SSSR count). The molecule has 4 aromatic rings. The monoisotopic (exact) mass is 599 g/mol. The summed E-state index contributed by atoms with van der Waals surface area (Å²) >= 11 is 1.58. The van der Waals surface area contributed by atoms with E-state index in [0.717, 1.165) is 28.0 Å². The fraction of sp³-hybridized carbons (Fsp3) is 0.312. The van der Waals surface area contributed by atoms with Gasteiger partial charge in [-0.1, -0.05) is 42.1 Å². The van der Waals surface area contributed by atoms with Crippen LogP contribution in [0, 0.1) is 0 Å². The zero-order valence-electron chi connectivity index (χ0n) is 24.1. The van der Waals surface area contributed by atoms with Crippen LogP contribution in [-0.4, -0.2) is 81.7 Å². The second kappa shape index (κ2) is 12.8. The van der Waals surface area contributed by atoms with Gasteiger partial charge in [0.1, 0.15) is 5.75 Å². The summed E-state index contributed by atoms with van der Waals surface area (Å²) in [7, 11) is 1.65. The predicted octanol–water partition coefficient (Wildman–Crippen LogP) is 4.92. The third-order valence-corrected chi connectivity index (χ3v) is 8.64. The number of ether oxygens (including phenoxy) is 3. The number of nitrogens with zero attached hydrogens (tertiary/aromatic N) is 5. The molecule has 10 nitrogen and oxygen atoms in total. The highest BCUT2D eigenvalue weighted by atomic mass is 32.2. The molecule has 0 aliphatic carbocycles. The smallest absolute Gasteiger partial charge is 0.254 e. The van der Waals surface area contributed by atoms with Crippen molar-refractivity contribution in [2.45, 2.75) is 31.0 Å². The molecular formula is C32H33N5O5S. The first-order valence-corrected chi connectivity index (χ1v) is 15.3. The fourth-order valence-electron chi connectivity index (χ4n) is 5.33. The van der Waals surface area contributed by atoms with Gasteiger partial charge in [0.05, 0.1) is 7.11 Å². The van der Waals surface area contributed by atoms with E-state index in [1.165, 1.54) is 0 Å². The van der Waals surface area contributed by atoms with Crippen molar-refractivity contribution in [1.29, 1.82) is 0 Å². The molecule has 3 heterocycles. The van der Waals surface area contributed by atoms with Gasteiger partial charge in [0.25, 0.3) is 5.91 Å². The molecule has 1 unspecified atom stereocenters. The summed E-state index contributed by atoms with van der Waals surface area (Å²) in [4.78, 5) is 30.0. The molecule has 0 spiro atoms. The number of aromatic nitrogens is 3. The molecule has 1 aromatic heterocycles. The first-order chi connectivity index (χ1) is 21.0. The quantitative estimate of drug-likeness (QED) is 0.198. The summed E-state index contributed by atoms with van der Waals surface area (Å²) in [5.74, 6) is 3.52. The Hall–Kier alpha value is -4.51. The van der Waals surface area contributed by atoms with Gasteiger partial charge in [0, 0.05) is 54.7 Å². The lowest BCUT2D eigenvalue weighted by Gasteiger charge is -2.40. The number of methoxy groups -OCH3 is 1. The minimum absolute atomic E-state index is 0.0647. The lowest BCUT2D eigenvalue weighted by Crippen LogP contribution is -2.55. The maximum atomic E-state index is 13.2. The molecule has 43 heavy (non-hydrogen) atoms. The average molecular weight is 600 g/mol. The largest absolute Gasteiger partial charge is 0.497 e. The van der Waals surface area contributed by atoms with Crippen LogP contribution in [0.5, 0.6) is 17.2 Å². The topological polar surface area (TPSA) is 99.0 Å². The lowest BCUT2D eigenvalue weighted by atomic mass is 10.1. The van der Waals surface area contributed by atoms with Crippen molar-refractivity contribution in [3.05, 3.63) is 78.4 Å². The van der Waals surface area contributed by atoms with Crippen LogP contribution in [0.3, 0.4) is 0 Å². The van der Waals surface area contributed by atoms with Gasteiger partial charge < -0.3 is 24.0 Å². The van der Waals surface area contributed by atoms with Gasteiger partial charge in [-0.25, -0.2) is 0 Å². The lowest BCUT2D eigenvalue weighted by molar-refractivity contribution is -0.133. The van der Waals surface area contributed by atoms with Crippen molar-refractivity contribution < 1.29 is 23.8 Å². The van der Waals surface area contributed by atoms with E-state index >= 15 is 0 Å². The standard InChI is InChI=1S/C32H33N5O5S/c1-22-20-35(16-17-36(22)31(39)24-10-15-27-28(19-24)42-21-41-27)29(38)9-6-18-43-32-34-33-30(23-7-4-3-5-8-23)37(32)25-11-13-26(40-2)14-12-25/h3-5,7-8,10-15,19,22H,6,9,16-18,20-21H2,1-2H3. The number of benzene rings is 3. The fourth-order valence-corrected chi connectivity index (χ4v) is 6.22. The summed E-state index contributed by atoms with van der Waals surface area (Å²) in [6, 6.07) is 22.9. The van der Waals surface area contributed by atoms with E-state index in [2.05, 4.69) is 10.2 Å². The third kappa shape index (κ3) is 6.17. The van der Waals surface area contributed by atoms with E-state index < -0.39 is 0 Å². The molecule has 2 aliphatic rings. The minimum Gasteiger partial charge on any atom is -0.497 e. The van der Waals surface area contributed by atoms with Gasteiger partial charge in [-0.15, -0.1) is 10.2 Å². The van der Waals surface area contributed by atoms with E-state index in [1.54, 1.807) is 37.1 Å². The maximum Gasteiger partial charge on any atom is 0.254 e. The number of amides is 2. The van der Waals surface area contributed by atoms with Crippen LogP contribution >= 0.6 is 11.8 Å². The van der Waals surface area contributed by atoms with E-state index in [9.17, 15) is 9.59 Å². The van der Waals surface area contributed by atoms with Gasteiger partial charge >= 0.3 is 0 Å². The molecule has 3 aromatic carbocycles. The first-order valence-electron chi connectivity index (χ1n) is 14.3. The molecule has 0 radical (unpaired) electrons. The van der Waals surface area contributed by atoms with Crippen molar-refractivity contribution in [2.75, 3.05) is 39.3 Å². The molecule has 1 saturated heterocycles. The maximum absolute atomic E-state index is 13.2. The van der Waals surface area contributed by atoms with E-state index in [4.69, 9.17) is 14.2 Å². The number of thioether (sulfide) groups is 1. The number of carbonyl (C=O) groups is 2. The predicted molar refractivity (Wildman–Crippen MR) is 163 cm³/mol. The van der Waals surface area contributed by atoms with Crippen LogP contribution in [0.15, 0.2) is 78.0 Å². The first kappa shape index (κ1) is 28.6. The molecule has 222 valence electrons. The number of hydrogen-bond donors (Lipinski definition) is 0. The molecule has 2 aliphatic heterocycles. The van der Waals surface area contributed by atoms with Crippen LogP contribution in [0.25, 0.3) is 17.1 Å². The zero-order valence-corrected chi connectivity index (χ0v) is 25.0. The third-order valence-electron chi connectivity index (χ3n) is 7.62. The summed E-state index contributed by atoms with van der Waals surface area (Å²) in [5.41, 5.74) is 2.47. The second-order valence-electron chi connectivity index (χ2n) is 10.4. The molecule has 1 atom stereocenters. The average Bonchev–Trinajstić information content (AvgIpc) is 3.70. The van der Waals surface area contributed by atoms with Gasteiger partial charge in [-0.05, 0) is 55.8 Å². The Morgan fingerprint density at radius 3 is 2.53 bits per heavy atom. The molecule has 11 heteroatoms. The summed E-state index contributed by atoms with van der Waals surface area (Å²) < 4.78 is 18.2. The number of rotatable bonds is 9. The van der Waals surface area contributed by atoms with E-state index in [-0.39, 0.29) is 24.6 Å². The van der Waals surface area contributed by atoms with Crippen molar-refractivity contribution in [1.82, 2.24) is 24.6 Å². The van der Waals surface area contributed by atoms with Gasteiger partial charge in [-0.2, -0.15) is 0 Å². The minimum atomic E-state index is -0.0931. The van der Waals surface area contributed by atoms with Gasteiger partial charge in [0.15, 0.2) is 22.5 Å². The SMILES string of the molecule is COc1ccc(-n2c(SCCCC(=O)N3CCN(C(=O)c4ccc5c(c4)OCO5)C(C)C3)nnc2-c2ccccc2)cc1. The Kier molecular flexibility index (Phi) is 8.50. The van der Waals surface area contributed by atoms with Crippen LogP contribution < -0.4 is 14.2 Å². The van der Waals surface area contributed by atoms with E-state index in [1.807, 2.05) is 75.9 Å². The highest BCUT2D eigenvalue weighted by Crippen LogP contribution is 2.33. The van der Waals surface area contributed by atoms with Crippen molar-refractivity contribution >= 4 is 23.6 Å². The van der Waals surface area contributed by atoms with Crippen molar-refractivity contribution in [2.24, 2.45) is 0 Å². The van der Waals surface area contributed by atoms with E-state index in [0.29, 0.717) is 55.3 Å². The van der Waals surface area contributed by atoms with Gasteiger partial charge in [0.2, 0.25) is 12.7 Å². The normalized spacial score (nSPS) is 15.9. The molecule has 0 N–H and O–H groups in total. The van der Waals surface area contributed by atoms with Crippen LogP contribution in [0.1, 0.15) is 30.1 Å². The van der Waals surface area contributed by atoms with Crippen LogP contribution in [0.2, 0.25) is 0 Å². The molecule has 1 fully saturated rings. The van der Waals surface area contributed by atoms with Crippen LogP contribution in [-0.2, 0) is 4.79 Å². The van der Waals surface area contributed by atoms with Gasteiger partial charge in [-0.3, -0.25) is 14.2 Å². The Morgan fingerprint density at radius 2 is 1.77 bits per heavy atom. The van der Waals surface area contributed by atoms with Crippen molar-refractivity contribution in [3.8, 4) is 34.3 Å². The number of fused-ring (bicyclic) bond motifs is 1. The molecule has 0 bridgehead atoms. The molecule has 0 saturated carbocycles.